The van der Waals surface area contributed by atoms with E-state index in [2.05, 4.69) is 11.4 Å². The zero-order valence-corrected chi connectivity index (χ0v) is 9.71. The van der Waals surface area contributed by atoms with E-state index >= 15 is 0 Å². The van der Waals surface area contributed by atoms with Gasteiger partial charge in [-0.15, -0.1) is 0 Å². The fraction of sp³-hybridized carbons (Fsp3) is 1.00. The molecule has 0 aromatic heterocycles. The molecule has 88 valence electrons. The Labute approximate surface area is 135 Å². The molecule has 0 saturated carbocycles. The Balaban J connectivity index is 0. The van der Waals surface area contributed by atoms with Gasteiger partial charge in [-0.3, -0.25) is 4.52 Å². The number of hydrogen-bond donors (Lipinski definition) is 2. The molecule has 0 aromatic rings. The molecule has 0 rings (SSSR count). The predicted octanol–water partition coefficient (Wildman–Crippen LogP) is 2.20. The van der Waals surface area contributed by atoms with Gasteiger partial charge in [-0.1, -0.05) is 45.4 Å². The van der Waals surface area contributed by atoms with Crippen LogP contribution in [0.1, 0.15) is 51.9 Å². The van der Waals surface area contributed by atoms with Crippen LogP contribution in [0.15, 0.2) is 0 Å². The first-order valence-electron chi connectivity index (χ1n) is 5.26. The maximum atomic E-state index is 10.3. The Bertz CT molecular complexity index is 171. The van der Waals surface area contributed by atoms with E-state index in [9.17, 15) is 4.57 Å². The number of rotatable bonds is 9. The fourth-order valence-corrected chi connectivity index (χ4v) is 1.61. The van der Waals surface area contributed by atoms with Crippen molar-refractivity contribution in [1.82, 2.24) is 0 Å². The molecular formula is C9H22KO4P. The van der Waals surface area contributed by atoms with Gasteiger partial charge >= 0.3 is 59.2 Å². The molecule has 0 aliphatic carbocycles. The molecule has 0 heterocycles. The summed E-state index contributed by atoms with van der Waals surface area (Å²) in [6, 6.07) is 0. The number of unbranched alkanes of at least 4 members (excludes halogenated alkanes) is 6. The molecule has 0 unspecified atom stereocenters. The summed E-state index contributed by atoms with van der Waals surface area (Å²) in [7, 11) is -4.23. The molecule has 0 radical (unpaired) electrons. The van der Waals surface area contributed by atoms with E-state index in [1.165, 1.54) is 25.7 Å². The molecule has 15 heavy (non-hydrogen) atoms. The summed E-state index contributed by atoms with van der Waals surface area (Å²) >= 11 is 0. The van der Waals surface area contributed by atoms with Gasteiger partial charge in [0.1, 0.15) is 0 Å². The van der Waals surface area contributed by atoms with Crippen LogP contribution in [0.2, 0.25) is 0 Å². The molecule has 6 heteroatoms. The van der Waals surface area contributed by atoms with E-state index < -0.39 is 7.82 Å². The molecule has 0 fully saturated rings. The van der Waals surface area contributed by atoms with Gasteiger partial charge in [0.05, 0.1) is 6.61 Å². The topological polar surface area (TPSA) is 66.8 Å². The average molecular weight is 264 g/mol. The summed E-state index contributed by atoms with van der Waals surface area (Å²) in [4.78, 5) is 16.8. The van der Waals surface area contributed by atoms with Crippen molar-refractivity contribution in [3.05, 3.63) is 0 Å². The maximum absolute atomic E-state index is 10.3. The first-order chi connectivity index (χ1) is 6.56. The standard InChI is InChI=1S/C9H21O4P.K.H/c1-2-3-4-5-6-7-8-9-13-14(10,11)12;;/h2-9H2,1H3,(H2,10,11,12);;. The van der Waals surface area contributed by atoms with E-state index in [-0.39, 0.29) is 58.0 Å². The Morgan fingerprint density at radius 1 is 1.00 bits per heavy atom. The van der Waals surface area contributed by atoms with E-state index in [0.717, 1.165) is 19.3 Å². The molecule has 0 aromatic carbocycles. The minimum atomic E-state index is -4.23. The van der Waals surface area contributed by atoms with E-state index in [1.54, 1.807) is 0 Å². The van der Waals surface area contributed by atoms with E-state index in [0.29, 0.717) is 0 Å². The van der Waals surface area contributed by atoms with Crippen LogP contribution in [0.4, 0.5) is 0 Å². The molecule has 0 aliphatic heterocycles. The average Bonchev–Trinajstić information content (AvgIpc) is 2.08. The Morgan fingerprint density at radius 3 is 1.93 bits per heavy atom. The van der Waals surface area contributed by atoms with Crippen molar-refractivity contribution in [2.75, 3.05) is 6.61 Å². The molecule has 0 amide bonds. The van der Waals surface area contributed by atoms with Crippen LogP contribution < -0.4 is 0 Å². The van der Waals surface area contributed by atoms with Crippen LogP contribution in [-0.2, 0) is 9.09 Å². The molecule has 0 spiro atoms. The molecule has 4 nitrogen and oxygen atoms in total. The summed E-state index contributed by atoms with van der Waals surface area (Å²) < 4.78 is 14.6. The van der Waals surface area contributed by atoms with Crippen molar-refractivity contribution in [2.45, 2.75) is 51.9 Å². The van der Waals surface area contributed by atoms with Crippen LogP contribution >= 0.6 is 7.82 Å². The third-order valence-electron chi connectivity index (χ3n) is 2.01. The second-order valence-corrected chi connectivity index (χ2v) is 4.68. The molecule has 0 bridgehead atoms. The van der Waals surface area contributed by atoms with Gasteiger partial charge in [0.15, 0.2) is 0 Å². The van der Waals surface area contributed by atoms with Crippen LogP contribution in [0.5, 0.6) is 0 Å². The van der Waals surface area contributed by atoms with Crippen molar-refractivity contribution < 1.29 is 18.9 Å². The van der Waals surface area contributed by atoms with Crippen LogP contribution in [0.25, 0.3) is 0 Å². The molecule has 2 N–H and O–H groups in total. The number of phosphoric acid groups is 1. The van der Waals surface area contributed by atoms with Gasteiger partial charge < -0.3 is 9.79 Å². The van der Waals surface area contributed by atoms with Crippen molar-refractivity contribution in [2.24, 2.45) is 0 Å². The molecular weight excluding hydrogens is 242 g/mol. The molecule has 0 saturated heterocycles. The van der Waals surface area contributed by atoms with Gasteiger partial charge in [0, 0.05) is 0 Å². The van der Waals surface area contributed by atoms with E-state index in [1.807, 2.05) is 0 Å². The Morgan fingerprint density at radius 2 is 1.47 bits per heavy atom. The molecule has 0 atom stereocenters. The minimum absolute atomic E-state index is 0. The second kappa shape index (κ2) is 12.2. The quantitative estimate of drug-likeness (QED) is 0.380. The summed E-state index contributed by atoms with van der Waals surface area (Å²) in [5.74, 6) is 0. The van der Waals surface area contributed by atoms with Crippen molar-refractivity contribution in [1.29, 1.82) is 0 Å². The van der Waals surface area contributed by atoms with Crippen molar-refractivity contribution in [3.8, 4) is 0 Å². The summed E-state index contributed by atoms with van der Waals surface area (Å²) in [5, 5.41) is 0. The van der Waals surface area contributed by atoms with Gasteiger partial charge in [-0.2, -0.15) is 0 Å². The van der Waals surface area contributed by atoms with Crippen LogP contribution in [0, 0.1) is 0 Å². The van der Waals surface area contributed by atoms with Gasteiger partial charge in [0.25, 0.3) is 0 Å². The predicted molar refractivity (Wildman–Crippen MR) is 63.1 cm³/mol. The van der Waals surface area contributed by atoms with Gasteiger partial charge in [-0.25, -0.2) is 4.57 Å². The van der Waals surface area contributed by atoms with Crippen molar-refractivity contribution in [3.63, 3.8) is 0 Å². The summed E-state index contributed by atoms with van der Waals surface area (Å²) in [6.45, 7) is 2.34. The normalized spacial score (nSPS) is 11.1. The number of phosphoric ester groups is 1. The first-order valence-corrected chi connectivity index (χ1v) is 6.79. The summed E-state index contributed by atoms with van der Waals surface area (Å²) in [5.41, 5.74) is 0. The van der Waals surface area contributed by atoms with Gasteiger partial charge in [-0.05, 0) is 6.42 Å². The number of hydrogen-bond acceptors (Lipinski definition) is 2. The van der Waals surface area contributed by atoms with Crippen molar-refractivity contribution >= 4 is 59.2 Å². The monoisotopic (exact) mass is 264 g/mol. The zero-order chi connectivity index (χ0) is 10.9. The van der Waals surface area contributed by atoms with Crippen LogP contribution in [-0.4, -0.2) is 67.8 Å². The Hall–Kier alpha value is 1.75. The second-order valence-electron chi connectivity index (χ2n) is 3.45. The van der Waals surface area contributed by atoms with E-state index in [4.69, 9.17) is 9.79 Å². The zero-order valence-electron chi connectivity index (χ0n) is 8.81. The SMILES string of the molecule is CCCCCCCCCOP(=O)(O)O.[KH]. The van der Waals surface area contributed by atoms with Gasteiger partial charge in [0.2, 0.25) is 0 Å². The first kappa shape index (κ1) is 19.1. The van der Waals surface area contributed by atoms with Crippen LogP contribution in [0.3, 0.4) is 0 Å². The summed E-state index contributed by atoms with van der Waals surface area (Å²) in [6.07, 6.45) is 7.84. The Kier molecular flexibility index (Phi) is 15.5. The third kappa shape index (κ3) is 18.3. The fourth-order valence-electron chi connectivity index (χ4n) is 1.24. The molecule has 0 aliphatic rings. The third-order valence-corrected chi connectivity index (χ3v) is 2.53.